The van der Waals surface area contributed by atoms with Crippen LogP contribution in [0.4, 0.5) is 0 Å². The summed E-state index contributed by atoms with van der Waals surface area (Å²) in [4.78, 5) is 23.1. The molecule has 0 spiro atoms. The molecule has 1 atom stereocenters. The Balaban J connectivity index is 1.93. The van der Waals surface area contributed by atoms with Gasteiger partial charge in [-0.2, -0.15) is 5.10 Å². The van der Waals surface area contributed by atoms with E-state index in [-0.39, 0.29) is 30.5 Å². The molecule has 0 saturated heterocycles. The summed E-state index contributed by atoms with van der Waals surface area (Å²) in [6.45, 7) is 3.43. The number of H-pyrrole nitrogens is 1. The number of aliphatic hydroxyl groups is 1. The van der Waals surface area contributed by atoms with Crippen LogP contribution in [0, 0.1) is 0 Å². The summed E-state index contributed by atoms with van der Waals surface area (Å²) in [6, 6.07) is 8.45. The maximum Gasteiger partial charge on any atom is 0.271 e. The second kappa shape index (κ2) is 7.55. The Morgan fingerprint density at radius 2 is 2.17 bits per heavy atom. The van der Waals surface area contributed by atoms with Crippen LogP contribution >= 0.6 is 0 Å². The number of Topliss-reactive ketones (excluding diaryl/α,β-unsaturated/α-hetero) is 1. The number of hydrogen-bond acceptors (Lipinski definition) is 5. The Morgan fingerprint density at radius 1 is 1.39 bits per heavy atom. The number of carbonyl (C=O) groups is 2. The van der Waals surface area contributed by atoms with Crippen LogP contribution in [0.25, 0.3) is 0 Å². The Hall–Kier alpha value is -2.67. The minimum absolute atomic E-state index is 0.0333. The molecule has 1 heterocycles. The lowest BCUT2D eigenvalue weighted by Crippen LogP contribution is -2.30. The summed E-state index contributed by atoms with van der Waals surface area (Å²) < 4.78 is 5.58. The van der Waals surface area contributed by atoms with E-state index in [1.807, 2.05) is 0 Å². The average Bonchev–Trinajstić information content (AvgIpc) is 3.00. The molecule has 7 nitrogen and oxygen atoms in total. The Kier molecular flexibility index (Phi) is 5.48. The predicted molar refractivity (Wildman–Crippen MR) is 83.4 cm³/mol. The molecule has 0 saturated carbocycles. The molecule has 1 amide bonds. The van der Waals surface area contributed by atoms with Crippen molar-refractivity contribution in [2.24, 2.45) is 0 Å². The fourth-order valence-corrected chi connectivity index (χ4v) is 1.85. The topological polar surface area (TPSA) is 104 Å². The first-order valence-corrected chi connectivity index (χ1v) is 7.20. The molecule has 2 rings (SSSR count). The highest BCUT2D eigenvalue weighted by Crippen LogP contribution is 2.15. The Bertz CT molecular complexity index is 694. The third kappa shape index (κ3) is 4.93. The van der Waals surface area contributed by atoms with Gasteiger partial charge in [0.1, 0.15) is 18.1 Å². The third-order valence-corrected chi connectivity index (χ3v) is 3.06. The maximum absolute atomic E-state index is 11.8. The minimum atomic E-state index is -0.616. The fourth-order valence-electron chi connectivity index (χ4n) is 1.85. The quantitative estimate of drug-likeness (QED) is 0.668. The molecule has 0 aliphatic heterocycles. The number of aromatic amines is 1. The van der Waals surface area contributed by atoms with Crippen molar-refractivity contribution >= 4 is 11.7 Å². The Morgan fingerprint density at radius 3 is 2.87 bits per heavy atom. The van der Waals surface area contributed by atoms with Crippen molar-refractivity contribution < 1.29 is 19.4 Å². The first-order valence-electron chi connectivity index (χ1n) is 7.20. The lowest BCUT2D eigenvalue weighted by atomic mass is 10.1. The number of nitrogens with zero attached hydrogens (tertiary/aromatic N) is 1. The molecule has 0 aliphatic carbocycles. The summed E-state index contributed by atoms with van der Waals surface area (Å²) in [7, 11) is 0. The molecule has 0 aliphatic rings. The van der Waals surface area contributed by atoms with Gasteiger partial charge < -0.3 is 15.2 Å². The summed E-state index contributed by atoms with van der Waals surface area (Å²) in [5, 5.41) is 18.3. The zero-order chi connectivity index (χ0) is 16.8. The van der Waals surface area contributed by atoms with E-state index in [4.69, 9.17) is 9.84 Å². The van der Waals surface area contributed by atoms with Gasteiger partial charge in [0.05, 0.1) is 11.8 Å². The summed E-state index contributed by atoms with van der Waals surface area (Å²) in [5.74, 6) is 0.161. The number of rotatable bonds is 7. The van der Waals surface area contributed by atoms with Gasteiger partial charge in [-0.1, -0.05) is 12.1 Å². The molecule has 3 N–H and O–H groups in total. The summed E-state index contributed by atoms with van der Waals surface area (Å²) in [6.07, 6.45) is -0.616. The minimum Gasteiger partial charge on any atom is -0.487 e. The predicted octanol–water partition coefficient (Wildman–Crippen LogP) is 1.30. The molecule has 1 aromatic heterocycles. The highest BCUT2D eigenvalue weighted by molar-refractivity contribution is 5.94. The van der Waals surface area contributed by atoms with Gasteiger partial charge in [-0.05, 0) is 32.0 Å². The molecule has 122 valence electrons. The fraction of sp³-hybridized carbons (Fsp3) is 0.312. The molecule has 0 fully saturated rings. The van der Waals surface area contributed by atoms with E-state index in [2.05, 4.69) is 15.5 Å². The van der Waals surface area contributed by atoms with Crippen molar-refractivity contribution in [1.82, 2.24) is 15.5 Å². The zero-order valence-electron chi connectivity index (χ0n) is 13.0. The maximum atomic E-state index is 11.8. The van der Waals surface area contributed by atoms with Crippen LogP contribution in [-0.4, -0.2) is 39.6 Å². The van der Waals surface area contributed by atoms with Crippen LogP contribution in [0.3, 0.4) is 0 Å². The molecule has 7 heteroatoms. The van der Waals surface area contributed by atoms with Crippen LogP contribution in [-0.2, 0) is 6.61 Å². The van der Waals surface area contributed by atoms with E-state index in [1.165, 1.54) is 6.92 Å². The Labute approximate surface area is 133 Å². The molecule has 2 aromatic rings. The van der Waals surface area contributed by atoms with Gasteiger partial charge in [-0.25, -0.2) is 0 Å². The SMILES string of the molecule is CC(=O)c1cccc(OCc2cc(C(=O)NC[C@@H](C)O)n[nH]2)c1. The monoisotopic (exact) mass is 317 g/mol. The smallest absolute Gasteiger partial charge is 0.271 e. The van der Waals surface area contributed by atoms with Crippen molar-refractivity contribution in [1.29, 1.82) is 0 Å². The van der Waals surface area contributed by atoms with Gasteiger partial charge in [0.15, 0.2) is 5.78 Å². The van der Waals surface area contributed by atoms with Crippen molar-refractivity contribution in [3.63, 3.8) is 0 Å². The number of aliphatic hydroxyl groups excluding tert-OH is 1. The standard InChI is InChI=1S/C16H19N3O4/c1-10(20)8-17-16(22)15-7-13(18-19-15)9-23-14-5-3-4-12(6-14)11(2)21/h3-7,10,20H,8-9H2,1-2H3,(H,17,22)(H,18,19)/t10-/m1/s1. The lowest BCUT2D eigenvalue weighted by molar-refractivity contribution is 0.0918. The highest BCUT2D eigenvalue weighted by atomic mass is 16.5. The third-order valence-electron chi connectivity index (χ3n) is 3.06. The largest absolute Gasteiger partial charge is 0.487 e. The van der Waals surface area contributed by atoms with Gasteiger partial charge in [-0.15, -0.1) is 0 Å². The number of ether oxygens (including phenoxy) is 1. The lowest BCUT2D eigenvalue weighted by Gasteiger charge is -2.05. The van der Waals surface area contributed by atoms with Gasteiger partial charge in [-0.3, -0.25) is 14.7 Å². The van der Waals surface area contributed by atoms with Crippen LogP contribution in [0.1, 0.15) is 40.4 Å². The van der Waals surface area contributed by atoms with E-state index in [1.54, 1.807) is 37.3 Å². The summed E-state index contributed by atoms with van der Waals surface area (Å²) in [5.41, 5.74) is 1.42. The van der Waals surface area contributed by atoms with Crippen molar-refractivity contribution in [2.75, 3.05) is 6.54 Å². The number of amides is 1. The average molecular weight is 317 g/mol. The van der Waals surface area contributed by atoms with E-state index in [0.29, 0.717) is 17.0 Å². The second-order valence-electron chi connectivity index (χ2n) is 5.21. The molecule has 0 unspecified atom stereocenters. The van der Waals surface area contributed by atoms with E-state index in [0.717, 1.165) is 0 Å². The van der Waals surface area contributed by atoms with Crippen molar-refractivity contribution in [3.8, 4) is 5.75 Å². The van der Waals surface area contributed by atoms with Gasteiger partial charge in [0.2, 0.25) is 0 Å². The second-order valence-corrected chi connectivity index (χ2v) is 5.21. The molecule has 1 aromatic carbocycles. The van der Waals surface area contributed by atoms with E-state index >= 15 is 0 Å². The van der Waals surface area contributed by atoms with Gasteiger partial charge >= 0.3 is 0 Å². The summed E-state index contributed by atoms with van der Waals surface area (Å²) >= 11 is 0. The van der Waals surface area contributed by atoms with Crippen LogP contribution in [0.2, 0.25) is 0 Å². The molecule has 23 heavy (non-hydrogen) atoms. The van der Waals surface area contributed by atoms with Crippen molar-refractivity contribution in [3.05, 3.63) is 47.3 Å². The number of benzene rings is 1. The number of nitrogens with one attached hydrogen (secondary N) is 2. The highest BCUT2D eigenvalue weighted by Gasteiger charge is 2.11. The van der Waals surface area contributed by atoms with E-state index in [9.17, 15) is 9.59 Å². The number of hydrogen-bond donors (Lipinski definition) is 3. The van der Waals surface area contributed by atoms with Crippen LogP contribution in [0.5, 0.6) is 5.75 Å². The normalized spacial score (nSPS) is 11.8. The molecule has 0 radical (unpaired) electrons. The van der Waals surface area contributed by atoms with Gasteiger partial charge in [0.25, 0.3) is 5.91 Å². The van der Waals surface area contributed by atoms with Crippen LogP contribution in [0.15, 0.2) is 30.3 Å². The molecule has 0 bridgehead atoms. The number of aromatic nitrogens is 2. The van der Waals surface area contributed by atoms with E-state index < -0.39 is 6.10 Å². The number of ketones is 1. The first kappa shape index (κ1) is 16.7. The van der Waals surface area contributed by atoms with Crippen LogP contribution < -0.4 is 10.1 Å². The van der Waals surface area contributed by atoms with Gasteiger partial charge in [0, 0.05) is 12.1 Å². The molecular weight excluding hydrogens is 298 g/mol. The first-order chi connectivity index (χ1) is 11.0. The molecular formula is C16H19N3O4. The number of carbonyl (C=O) groups excluding carboxylic acids is 2. The van der Waals surface area contributed by atoms with Crippen molar-refractivity contribution in [2.45, 2.75) is 26.6 Å². The zero-order valence-corrected chi connectivity index (χ0v) is 13.0.